The minimum absolute atomic E-state index is 0.102. The van der Waals surface area contributed by atoms with E-state index in [1.165, 1.54) is 6.42 Å². The van der Waals surface area contributed by atoms with Gasteiger partial charge in [0.15, 0.2) is 0 Å². The molecule has 2 rings (SSSR count). The van der Waals surface area contributed by atoms with Crippen molar-refractivity contribution < 1.29 is 15.0 Å². The van der Waals surface area contributed by atoms with Crippen LogP contribution < -0.4 is 0 Å². The number of rotatable bonds is 7. The van der Waals surface area contributed by atoms with Gasteiger partial charge in [0.25, 0.3) is 0 Å². The molecular formula is C15H21NO3. The molecule has 0 bridgehead atoms. The SMILES string of the molecule is O=C(O)C(c1ccccc1)N(CCCO)C1CCC1. The highest BCUT2D eigenvalue weighted by molar-refractivity contribution is 5.75. The Hall–Kier alpha value is -1.39. The van der Waals surface area contributed by atoms with Crippen LogP contribution in [0.4, 0.5) is 0 Å². The van der Waals surface area contributed by atoms with E-state index in [4.69, 9.17) is 5.11 Å². The van der Waals surface area contributed by atoms with Gasteiger partial charge in [0.2, 0.25) is 0 Å². The Morgan fingerprint density at radius 1 is 1.32 bits per heavy atom. The molecule has 0 spiro atoms. The van der Waals surface area contributed by atoms with Crippen LogP contribution in [0.5, 0.6) is 0 Å². The molecule has 1 saturated carbocycles. The van der Waals surface area contributed by atoms with Crippen LogP contribution in [0.1, 0.15) is 37.3 Å². The van der Waals surface area contributed by atoms with E-state index < -0.39 is 12.0 Å². The van der Waals surface area contributed by atoms with E-state index in [1.807, 2.05) is 35.2 Å². The number of nitrogens with zero attached hydrogens (tertiary/aromatic N) is 1. The van der Waals surface area contributed by atoms with Gasteiger partial charge in [-0.05, 0) is 24.8 Å². The predicted octanol–water partition coefficient (Wildman–Crippen LogP) is 2.05. The average Bonchev–Trinajstić information content (AvgIpc) is 2.34. The zero-order valence-corrected chi connectivity index (χ0v) is 11.0. The fourth-order valence-electron chi connectivity index (χ4n) is 2.61. The second kappa shape index (κ2) is 6.68. The standard InChI is InChI=1S/C15H21NO3/c17-11-5-10-16(13-8-4-9-13)14(15(18)19)12-6-2-1-3-7-12/h1-3,6-7,13-14,17H,4-5,8-11H2,(H,18,19). The van der Waals surface area contributed by atoms with Gasteiger partial charge in [0.1, 0.15) is 6.04 Å². The van der Waals surface area contributed by atoms with Gasteiger partial charge in [-0.2, -0.15) is 0 Å². The first-order valence-electron chi connectivity index (χ1n) is 6.88. The van der Waals surface area contributed by atoms with Crippen molar-refractivity contribution in [3.8, 4) is 0 Å². The molecule has 0 amide bonds. The Kier molecular flexibility index (Phi) is 4.93. The van der Waals surface area contributed by atoms with Gasteiger partial charge < -0.3 is 10.2 Å². The Bertz CT molecular complexity index is 403. The minimum Gasteiger partial charge on any atom is -0.480 e. The third-order valence-electron chi connectivity index (χ3n) is 3.80. The van der Waals surface area contributed by atoms with Crippen molar-refractivity contribution in [1.29, 1.82) is 0 Å². The van der Waals surface area contributed by atoms with Crippen LogP contribution in [0, 0.1) is 0 Å². The lowest BCUT2D eigenvalue weighted by Gasteiger charge is -2.41. The largest absolute Gasteiger partial charge is 0.480 e. The van der Waals surface area contributed by atoms with Crippen LogP contribution >= 0.6 is 0 Å². The molecule has 4 heteroatoms. The number of aliphatic carboxylic acids is 1. The minimum atomic E-state index is -0.809. The lowest BCUT2D eigenvalue weighted by molar-refractivity contribution is -0.145. The second-order valence-electron chi connectivity index (χ2n) is 5.05. The molecule has 0 heterocycles. The number of carbonyl (C=O) groups is 1. The summed E-state index contributed by atoms with van der Waals surface area (Å²) >= 11 is 0. The molecule has 1 aromatic rings. The highest BCUT2D eigenvalue weighted by Gasteiger charge is 2.34. The lowest BCUT2D eigenvalue weighted by Crippen LogP contribution is -2.46. The maximum atomic E-state index is 11.6. The molecule has 0 saturated heterocycles. The van der Waals surface area contributed by atoms with Crippen molar-refractivity contribution in [3.63, 3.8) is 0 Å². The summed E-state index contributed by atoms with van der Waals surface area (Å²) in [5.74, 6) is -0.809. The van der Waals surface area contributed by atoms with Crippen LogP contribution in [0.2, 0.25) is 0 Å². The average molecular weight is 263 g/mol. The van der Waals surface area contributed by atoms with Crippen LogP contribution in [0.25, 0.3) is 0 Å². The fraction of sp³-hybridized carbons (Fsp3) is 0.533. The summed E-state index contributed by atoms with van der Waals surface area (Å²) in [6, 6.07) is 9.11. The molecule has 2 N–H and O–H groups in total. The van der Waals surface area contributed by atoms with Gasteiger partial charge in [0, 0.05) is 19.2 Å². The van der Waals surface area contributed by atoms with E-state index in [0.717, 1.165) is 18.4 Å². The molecule has 1 aliphatic rings. The zero-order chi connectivity index (χ0) is 13.7. The normalized spacial score (nSPS) is 17.2. The number of benzene rings is 1. The van der Waals surface area contributed by atoms with Crippen molar-refractivity contribution >= 4 is 5.97 Å². The van der Waals surface area contributed by atoms with Crippen LogP contribution in [-0.4, -0.2) is 40.3 Å². The van der Waals surface area contributed by atoms with Crippen molar-refractivity contribution in [1.82, 2.24) is 4.90 Å². The maximum absolute atomic E-state index is 11.6. The summed E-state index contributed by atoms with van der Waals surface area (Å²) in [5, 5.41) is 18.6. The third kappa shape index (κ3) is 3.33. The fourth-order valence-corrected chi connectivity index (χ4v) is 2.61. The van der Waals surface area contributed by atoms with Crippen LogP contribution in [0.15, 0.2) is 30.3 Å². The third-order valence-corrected chi connectivity index (χ3v) is 3.80. The molecule has 1 fully saturated rings. The molecule has 1 unspecified atom stereocenters. The summed E-state index contributed by atoms with van der Waals surface area (Å²) in [7, 11) is 0. The van der Waals surface area contributed by atoms with E-state index in [1.54, 1.807) is 0 Å². The van der Waals surface area contributed by atoms with Crippen LogP contribution in [0.3, 0.4) is 0 Å². The Labute approximate surface area is 113 Å². The lowest BCUT2D eigenvalue weighted by atomic mass is 9.89. The van der Waals surface area contributed by atoms with Gasteiger partial charge in [-0.25, -0.2) is 0 Å². The van der Waals surface area contributed by atoms with Gasteiger partial charge >= 0.3 is 5.97 Å². The Morgan fingerprint density at radius 3 is 2.47 bits per heavy atom. The summed E-state index contributed by atoms with van der Waals surface area (Å²) in [6.45, 7) is 0.734. The molecule has 1 aliphatic carbocycles. The molecule has 19 heavy (non-hydrogen) atoms. The summed E-state index contributed by atoms with van der Waals surface area (Å²) < 4.78 is 0. The van der Waals surface area contributed by atoms with E-state index in [2.05, 4.69) is 0 Å². The molecule has 0 aromatic heterocycles. The van der Waals surface area contributed by atoms with E-state index in [9.17, 15) is 9.90 Å². The predicted molar refractivity (Wildman–Crippen MR) is 72.9 cm³/mol. The molecule has 0 aliphatic heterocycles. The first kappa shape index (κ1) is 14.0. The Morgan fingerprint density at radius 2 is 2.00 bits per heavy atom. The highest BCUT2D eigenvalue weighted by Crippen LogP contribution is 2.32. The van der Waals surface area contributed by atoms with Crippen LogP contribution in [-0.2, 0) is 4.79 Å². The maximum Gasteiger partial charge on any atom is 0.325 e. The second-order valence-corrected chi connectivity index (χ2v) is 5.05. The van der Waals surface area contributed by atoms with Gasteiger partial charge in [-0.3, -0.25) is 9.69 Å². The number of hydrogen-bond donors (Lipinski definition) is 2. The smallest absolute Gasteiger partial charge is 0.325 e. The first-order chi connectivity index (χ1) is 9.24. The van der Waals surface area contributed by atoms with Crippen molar-refractivity contribution in [3.05, 3.63) is 35.9 Å². The zero-order valence-electron chi connectivity index (χ0n) is 11.0. The van der Waals surface area contributed by atoms with Crippen molar-refractivity contribution in [2.75, 3.05) is 13.2 Å². The van der Waals surface area contributed by atoms with Gasteiger partial charge in [0.05, 0.1) is 0 Å². The number of aliphatic hydroxyl groups is 1. The summed E-state index contributed by atoms with van der Waals surface area (Å²) in [4.78, 5) is 13.7. The summed E-state index contributed by atoms with van der Waals surface area (Å²) in [5.41, 5.74) is 0.819. The van der Waals surface area contributed by atoms with Gasteiger partial charge in [-0.15, -0.1) is 0 Å². The molecule has 104 valence electrons. The van der Waals surface area contributed by atoms with Gasteiger partial charge in [-0.1, -0.05) is 36.8 Å². The molecule has 1 aromatic carbocycles. The molecule has 0 radical (unpaired) electrons. The molecule has 1 atom stereocenters. The van der Waals surface area contributed by atoms with E-state index >= 15 is 0 Å². The van der Waals surface area contributed by atoms with Crippen molar-refractivity contribution in [2.45, 2.75) is 37.8 Å². The highest BCUT2D eigenvalue weighted by atomic mass is 16.4. The van der Waals surface area contributed by atoms with E-state index in [-0.39, 0.29) is 6.61 Å². The monoisotopic (exact) mass is 263 g/mol. The number of aliphatic hydroxyl groups excluding tert-OH is 1. The Balaban J connectivity index is 2.20. The number of hydrogen-bond acceptors (Lipinski definition) is 3. The first-order valence-corrected chi connectivity index (χ1v) is 6.88. The van der Waals surface area contributed by atoms with Crippen molar-refractivity contribution in [2.24, 2.45) is 0 Å². The molecular weight excluding hydrogens is 242 g/mol. The molecule has 4 nitrogen and oxygen atoms in total. The topological polar surface area (TPSA) is 60.8 Å². The number of carboxylic acid groups (broad SMARTS) is 1. The summed E-state index contributed by atoms with van der Waals surface area (Å²) in [6.07, 6.45) is 3.90. The van der Waals surface area contributed by atoms with E-state index in [0.29, 0.717) is 19.0 Å². The quantitative estimate of drug-likeness (QED) is 0.790. The number of carboxylic acids is 1.